The Morgan fingerprint density at radius 1 is 1.23 bits per heavy atom. The third kappa shape index (κ3) is 3.70. The number of hydrogen-bond acceptors (Lipinski definition) is 4. The van der Waals surface area contributed by atoms with Gasteiger partial charge in [0.15, 0.2) is 0 Å². The van der Waals surface area contributed by atoms with Gasteiger partial charge in [-0.05, 0) is 36.2 Å². The van der Waals surface area contributed by atoms with Gasteiger partial charge in [-0.3, -0.25) is 0 Å². The lowest BCUT2D eigenvalue weighted by Gasteiger charge is -2.29. The fraction of sp³-hybridized carbons (Fsp3) is 0.353. The number of pyridine rings is 1. The summed E-state index contributed by atoms with van der Waals surface area (Å²) in [6.45, 7) is 6.34. The Bertz CT molecular complexity index is 624. The number of anilines is 2. The van der Waals surface area contributed by atoms with Gasteiger partial charge in [-0.2, -0.15) is 0 Å². The van der Waals surface area contributed by atoms with Gasteiger partial charge in [-0.15, -0.1) is 0 Å². The number of nitrogens with one attached hydrogen (secondary N) is 1. The van der Waals surface area contributed by atoms with E-state index in [9.17, 15) is 0 Å². The van der Waals surface area contributed by atoms with E-state index in [0.717, 1.165) is 44.1 Å². The number of rotatable bonds is 4. The first-order valence-corrected chi connectivity index (χ1v) is 7.88. The fourth-order valence-electron chi connectivity index (χ4n) is 2.53. The summed E-state index contributed by atoms with van der Waals surface area (Å²) < 4.78 is 5.42. The number of aryl methyl sites for hydroxylation is 1. The van der Waals surface area contributed by atoms with E-state index in [1.165, 1.54) is 11.3 Å². The normalized spacial score (nSPS) is 14.9. The standard InChI is InChI=1S/C17H20ClN3O/c1-13-2-4-15(21-6-8-22-9-7-21)10-16(13)19-11-14-3-5-17(18)20-12-14/h2-5,10,12,19H,6-9,11H2,1H3. The first-order chi connectivity index (χ1) is 10.7. The van der Waals surface area contributed by atoms with Crippen LogP contribution in [-0.2, 0) is 11.3 Å². The molecule has 1 fully saturated rings. The van der Waals surface area contributed by atoms with Gasteiger partial charge in [0.2, 0.25) is 0 Å². The molecule has 1 aromatic carbocycles. The highest BCUT2D eigenvalue weighted by molar-refractivity contribution is 6.29. The zero-order chi connectivity index (χ0) is 15.4. The van der Waals surface area contributed by atoms with Crippen molar-refractivity contribution in [1.29, 1.82) is 0 Å². The maximum absolute atomic E-state index is 5.81. The van der Waals surface area contributed by atoms with Crippen molar-refractivity contribution in [3.63, 3.8) is 0 Å². The fourth-order valence-corrected chi connectivity index (χ4v) is 2.64. The molecule has 0 spiro atoms. The minimum atomic E-state index is 0.522. The molecule has 22 heavy (non-hydrogen) atoms. The molecule has 1 aromatic heterocycles. The Morgan fingerprint density at radius 2 is 2.05 bits per heavy atom. The zero-order valence-electron chi connectivity index (χ0n) is 12.7. The maximum atomic E-state index is 5.81. The highest BCUT2D eigenvalue weighted by Gasteiger charge is 2.12. The highest BCUT2D eigenvalue weighted by atomic mass is 35.5. The monoisotopic (exact) mass is 317 g/mol. The Labute approximate surface area is 136 Å². The van der Waals surface area contributed by atoms with Crippen molar-refractivity contribution in [3.8, 4) is 0 Å². The van der Waals surface area contributed by atoms with E-state index in [0.29, 0.717) is 5.15 Å². The summed E-state index contributed by atoms with van der Waals surface area (Å²) in [7, 11) is 0. The van der Waals surface area contributed by atoms with Gasteiger partial charge in [-0.1, -0.05) is 23.7 Å². The molecule has 2 heterocycles. The second-order valence-electron chi connectivity index (χ2n) is 5.44. The molecule has 0 amide bonds. The van der Waals surface area contributed by atoms with Crippen LogP contribution in [0.4, 0.5) is 11.4 Å². The van der Waals surface area contributed by atoms with Crippen LogP contribution in [0.5, 0.6) is 0 Å². The van der Waals surface area contributed by atoms with Crippen LogP contribution in [-0.4, -0.2) is 31.3 Å². The summed E-state index contributed by atoms with van der Waals surface area (Å²) in [4.78, 5) is 6.47. The minimum Gasteiger partial charge on any atom is -0.381 e. The molecule has 2 aromatic rings. The summed E-state index contributed by atoms with van der Waals surface area (Å²) in [5.41, 5.74) is 4.74. The molecule has 0 unspecified atom stereocenters. The lowest BCUT2D eigenvalue weighted by molar-refractivity contribution is 0.122. The van der Waals surface area contributed by atoms with Crippen LogP contribution in [0.3, 0.4) is 0 Å². The van der Waals surface area contributed by atoms with Gasteiger partial charge in [0, 0.05) is 37.2 Å². The molecule has 1 N–H and O–H groups in total. The second-order valence-corrected chi connectivity index (χ2v) is 5.83. The summed E-state index contributed by atoms with van der Waals surface area (Å²) in [5.74, 6) is 0. The topological polar surface area (TPSA) is 37.4 Å². The molecule has 0 radical (unpaired) electrons. The molecular weight excluding hydrogens is 298 g/mol. The van der Waals surface area contributed by atoms with Crippen LogP contribution in [0, 0.1) is 6.92 Å². The molecule has 0 atom stereocenters. The van der Waals surface area contributed by atoms with Crippen molar-refractivity contribution in [2.24, 2.45) is 0 Å². The minimum absolute atomic E-state index is 0.522. The predicted molar refractivity (Wildman–Crippen MR) is 90.8 cm³/mol. The number of halogens is 1. The predicted octanol–water partition coefficient (Wildman–Crippen LogP) is 3.49. The molecule has 0 saturated carbocycles. The SMILES string of the molecule is Cc1ccc(N2CCOCC2)cc1NCc1ccc(Cl)nc1. The molecule has 0 bridgehead atoms. The summed E-state index contributed by atoms with van der Waals surface area (Å²) >= 11 is 5.81. The van der Waals surface area contributed by atoms with Crippen molar-refractivity contribution >= 4 is 23.0 Å². The van der Waals surface area contributed by atoms with E-state index in [4.69, 9.17) is 16.3 Å². The lowest BCUT2D eigenvalue weighted by Crippen LogP contribution is -2.36. The van der Waals surface area contributed by atoms with Gasteiger partial charge >= 0.3 is 0 Å². The number of aromatic nitrogens is 1. The smallest absolute Gasteiger partial charge is 0.129 e. The largest absolute Gasteiger partial charge is 0.381 e. The summed E-state index contributed by atoms with van der Waals surface area (Å²) in [6, 6.07) is 10.4. The van der Waals surface area contributed by atoms with E-state index in [2.05, 4.69) is 40.3 Å². The third-order valence-corrected chi connectivity index (χ3v) is 4.09. The Morgan fingerprint density at radius 3 is 2.77 bits per heavy atom. The molecule has 1 saturated heterocycles. The number of benzene rings is 1. The lowest BCUT2D eigenvalue weighted by atomic mass is 10.1. The van der Waals surface area contributed by atoms with E-state index >= 15 is 0 Å². The molecule has 4 nitrogen and oxygen atoms in total. The van der Waals surface area contributed by atoms with Gasteiger partial charge in [0.1, 0.15) is 5.15 Å². The third-order valence-electron chi connectivity index (χ3n) is 3.87. The number of ether oxygens (including phenoxy) is 1. The molecule has 0 aliphatic carbocycles. The molecule has 1 aliphatic rings. The van der Waals surface area contributed by atoms with Crippen LogP contribution in [0.25, 0.3) is 0 Å². The average molecular weight is 318 g/mol. The van der Waals surface area contributed by atoms with Crippen LogP contribution in [0.15, 0.2) is 36.5 Å². The molecule has 116 valence electrons. The Kier molecular flexibility index (Phi) is 4.80. The highest BCUT2D eigenvalue weighted by Crippen LogP contribution is 2.24. The van der Waals surface area contributed by atoms with Crippen molar-refractivity contribution in [2.45, 2.75) is 13.5 Å². The van der Waals surface area contributed by atoms with Gasteiger partial charge < -0.3 is 15.0 Å². The van der Waals surface area contributed by atoms with Crippen molar-refractivity contribution in [1.82, 2.24) is 4.98 Å². The quantitative estimate of drug-likeness (QED) is 0.876. The van der Waals surface area contributed by atoms with Crippen LogP contribution < -0.4 is 10.2 Å². The second kappa shape index (κ2) is 6.99. The van der Waals surface area contributed by atoms with Gasteiger partial charge in [-0.25, -0.2) is 4.98 Å². The van der Waals surface area contributed by atoms with Crippen molar-refractivity contribution in [2.75, 3.05) is 36.5 Å². The van der Waals surface area contributed by atoms with Gasteiger partial charge in [0.25, 0.3) is 0 Å². The Hall–Kier alpha value is -1.78. The van der Waals surface area contributed by atoms with Crippen LogP contribution >= 0.6 is 11.6 Å². The number of morpholine rings is 1. The number of nitrogens with zero attached hydrogens (tertiary/aromatic N) is 2. The Balaban J connectivity index is 1.70. The van der Waals surface area contributed by atoms with Crippen molar-refractivity contribution < 1.29 is 4.74 Å². The summed E-state index contributed by atoms with van der Waals surface area (Å²) in [6.07, 6.45) is 1.80. The first-order valence-electron chi connectivity index (χ1n) is 7.50. The first kappa shape index (κ1) is 15.1. The molecule has 1 aliphatic heterocycles. The van der Waals surface area contributed by atoms with Crippen molar-refractivity contribution in [3.05, 3.63) is 52.8 Å². The number of hydrogen-bond donors (Lipinski definition) is 1. The van der Waals surface area contributed by atoms with E-state index in [-0.39, 0.29) is 0 Å². The molecular formula is C17H20ClN3O. The van der Waals surface area contributed by atoms with E-state index in [1.807, 2.05) is 12.1 Å². The molecule has 3 rings (SSSR count). The van der Waals surface area contributed by atoms with Crippen LogP contribution in [0.2, 0.25) is 5.15 Å². The van der Waals surface area contributed by atoms with E-state index < -0.39 is 0 Å². The zero-order valence-corrected chi connectivity index (χ0v) is 13.4. The molecule has 5 heteroatoms. The van der Waals surface area contributed by atoms with Gasteiger partial charge in [0.05, 0.1) is 13.2 Å². The van der Waals surface area contributed by atoms with E-state index in [1.54, 1.807) is 6.20 Å². The maximum Gasteiger partial charge on any atom is 0.129 e. The summed E-state index contributed by atoms with van der Waals surface area (Å²) in [5, 5.41) is 4.01. The van der Waals surface area contributed by atoms with Crippen LogP contribution in [0.1, 0.15) is 11.1 Å². The average Bonchev–Trinajstić information content (AvgIpc) is 2.56.